The minimum atomic E-state index is -2.76. The number of alkyl halides is 2. The molecule has 1 N–H and O–H groups in total. The van der Waals surface area contributed by atoms with Crippen LogP contribution in [0.25, 0.3) is 0 Å². The normalized spacial score (nSPS) is 10.7. The van der Waals surface area contributed by atoms with Gasteiger partial charge in [0.1, 0.15) is 17.9 Å². The van der Waals surface area contributed by atoms with Crippen molar-refractivity contribution >= 4 is 17.3 Å². The summed E-state index contributed by atoms with van der Waals surface area (Å²) >= 11 is 0. The number of hydrogen-bond acceptors (Lipinski definition) is 4. The van der Waals surface area contributed by atoms with E-state index in [2.05, 4.69) is 10.4 Å². The highest BCUT2D eigenvalue weighted by atomic mass is 19.3. The van der Waals surface area contributed by atoms with Crippen molar-refractivity contribution in [3.63, 3.8) is 0 Å². The smallest absolute Gasteiger partial charge is 0.292 e. The van der Waals surface area contributed by atoms with Crippen LogP contribution in [0.1, 0.15) is 17.8 Å². The van der Waals surface area contributed by atoms with Crippen LogP contribution in [0.4, 0.5) is 20.2 Å². The number of benzene rings is 1. The second-order valence-corrected chi connectivity index (χ2v) is 4.49. The van der Waals surface area contributed by atoms with Gasteiger partial charge >= 0.3 is 0 Å². The van der Waals surface area contributed by atoms with Crippen LogP contribution < -0.4 is 5.32 Å². The number of nitro groups is 1. The quantitative estimate of drug-likeness (QED) is 0.679. The molecule has 2 aromatic rings. The highest BCUT2D eigenvalue weighted by molar-refractivity contribution is 5.92. The molecule has 1 heterocycles. The van der Waals surface area contributed by atoms with Gasteiger partial charge in [-0.3, -0.25) is 19.6 Å². The Kier molecular flexibility index (Phi) is 4.44. The van der Waals surface area contributed by atoms with Crippen LogP contribution in [0.5, 0.6) is 0 Å². The lowest BCUT2D eigenvalue weighted by atomic mass is 10.2. The largest absolute Gasteiger partial charge is 0.319 e. The fourth-order valence-corrected chi connectivity index (χ4v) is 1.93. The van der Waals surface area contributed by atoms with Gasteiger partial charge in [-0.05, 0) is 19.1 Å². The summed E-state index contributed by atoms with van der Waals surface area (Å²) in [5, 5.41) is 17.0. The molecule has 1 amide bonds. The Morgan fingerprint density at radius 1 is 1.45 bits per heavy atom. The molecule has 0 aliphatic rings. The van der Waals surface area contributed by atoms with Crippen LogP contribution in [-0.4, -0.2) is 20.6 Å². The van der Waals surface area contributed by atoms with Gasteiger partial charge < -0.3 is 5.32 Å². The molecule has 22 heavy (non-hydrogen) atoms. The standard InChI is InChI=1S/C13H12F2N4O3/c1-8-6-11(13(14)15)18(17-8)7-12(20)16-9-4-2-3-5-10(9)19(21)22/h2-6,13H,7H2,1H3,(H,16,20). The van der Waals surface area contributed by atoms with E-state index in [-0.39, 0.29) is 17.1 Å². The van der Waals surface area contributed by atoms with Crippen molar-refractivity contribution < 1.29 is 18.5 Å². The first-order valence-corrected chi connectivity index (χ1v) is 6.24. The third-order valence-corrected chi connectivity index (χ3v) is 2.83. The Morgan fingerprint density at radius 3 is 2.77 bits per heavy atom. The zero-order valence-corrected chi connectivity index (χ0v) is 11.5. The summed E-state index contributed by atoms with van der Waals surface area (Å²) in [4.78, 5) is 22.1. The number of nitrogens with one attached hydrogen (secondary N) is 1. The van der Waals surface area contributed by atoms with Crippen LogP contribution in [0.3, 0.4) is 0 Å². The molecule has 0 saturated heterocycles. The highest BCUT2D eigenvalue weighted by Gasteiger charge is 2.19. The van der Waals surface area contributed by atoms with Crippen molar-refractivity contribution in [2.75, 3.05) is 5.32 Å². The summed E-state index contributed by atoms with van der Waals surface area (Å²) in [6, 6.07) is 6.75. The molecule has 0 bridgehead atoms. The minimum absolute atomic E-state index is 0.0000231. The molecule has 0 fully saturated rings. The Morgan fingerprint density at radius 2 is 2.14 bits per heavy atom. The predicted octanol–water partition coefficient (Wildman–Crippen LogP) is 2.68. The molecule has 0 aliphatic carbocycles. The molecule has 7 nitrogen and oxygen atoms in total. The maximum atomic E-state index is 12.8. The summed E-state index contributed by atoms with van der Waals surface area (Å²) in [6.45, 7) is 1.07. The van der Waals surface area contributed by atoms with E-state index >= 15 is 0 Å². The van der Waals surface area contributed by atoms with E-state index in [1.165, 1.54) is 37.3 Å². The number of carbonyl (C=O) groups is 1. The van der Waals surface area contributed by atoms with E-state index in [0.717, 1.165) is 4.68 Å². The Balaban J connectivity index is 2.16. The molecule has 0 radical (unpaired) electrons. The van der Waals surface area contributed by atoms with Crippen molar-refractivity contribution in [1.29, 1.82) is 0 Å². The van der Waals surface area contributed by atoms with Gasteiger partial charge in [-0.15, -0.1) is 0 Å². The van der Waals surface area contributed by atoms with Crippen LogP contribution in [0.15, 0.2) is 30.3 Å². The van der Waals surface area contributed by atoms with Gasteiger partial charge in [0.25, 0.3) is 12.1 Å². The Hall–Kier alpha value is -2.84. The number of aromatic nitrogens is 2. The van der Waals surface area contributed by atoms with E-state index in [0.29, 0.717) is 5.69 Å². The Labute approximate surface area is 123 Å². The average molecular weight is 310 g/mol. The van der Waals surface area contributed by atoms with Crippen LogP contribution in [0, 0.1) is 17.0 Å². The third-order valence-electron chi connectivity index (χ3n) is 2.83. The molecule has 2 rings (SSSR count). The van der Waals surface area contributed by atoms with Gasteiger partial charge in [-0.2, -0.15) is 5.10 Å². The van der Waals surface area contributed by atoms with Crippen molar-refractivity contribution in [3.8, 4) is 0 Å². The number of aryl methyl sites for hydroxylation is 1. The van der Waals surface area contributed by atoms with Crippen molar-refractivity contribution in [2.24, 2.45) is 0 Å². The van der Waals surface area contributed by atoms with Crippen LogP contribution >= 0.6 is 0 Å². The fraction of sp³-hybridized carbons (Fsp3) is 0.231. The monoisotopic (exact) mass is 310 g/mol. The van der Waals surface area contributed by atoms with Crippen LogP contribution in [0.2, 0.25) is 0 Å². The van der Waals surface area contributed by atoms with Crippen molar-refractivity contribution in [3.05, 3.63) is 51.8 Å². The molecule has 0 aliphatic heterocycles. The topological polar surface area (TPSA) is 90.1 Å². The molecule has 1 aromatic heterocycles. The molecule has 9 heteroatoms. The minimum Gasteiger partial charge on any atom is -0.319 e. The van der Waals surface area contributed by atoms with Gasteiger partial charge in [0.05, 0.1) is 10.6 Å². The molecule has 0 unspecified atom stereocenters. The van der Waals surface area contributed by atoms with Crippen molar-refractivity contribution in [2.45, 2.75) is 19.9 Å². The van der Waals surface area contributed by atoms with E-state index in [4.69, 9.17) is 0 Å². The zero-order chi connectivity index (χ0) is 16.3. The lowest BCUT2D eigenvalue weighted by molar-refractivity contribution is -0.383. The van der Waals surface area contributed by atoms with Gasteiger partial charge in [-0.1, -0.05) is 12.1 Å². The number of para-hydroxylation sites is 2. The molecular weight excluding hydrogens is 298 g/mol. The number of amides is 1. The van der Waals surface area contributed by atoms with Crippen LogP contribution in [-0.2, 0) is 11.3 Å². The molecule has 0 atom stereocenters. The molecule has 1 aromatic carbocycles. The summed E-state index contributed by atoms with van der Waals surface area (Å²) in [6.07, 6.45) is -2.76. The fourth-order valence-electron chi connectivity index (χ4n) is 1.93. The molecular formula is C13H12F2N4O3. The number of nitro benzene ring substituents is 1. The maximum absolute atomic E-state index is 12.8. The third kappa shape index (κ3) is 3.43. The first-order chi connectivity index (χ1) is 10.4. The first-order valence-electron chi connectivity index (χ1n) is 6.24. The summed E-state index contributed by atoms with van der Waals surface area (Å²) in [5.41, 5.74) is -0.300. The average Bonchev–Trinajstić information content (AvgIpc) is 2.80. The lowest BCUT2D eigenvalue weighted by Gasteiger charge is -2.08. The summed E-state index contributed by atoms with van der Waals surface area (Å²) in [7, 11) is 0. The predicted molar refractivity (Wildman–Crippen MR) is 73.6 cm³/mol. The Bertz CT molecular complexity index is 715. The zero-order valence-electron chi connectivity index (χ0n) is 11.5. The number of halogens is 2. The van der Waals surface area contributed by atoms with Crippen molar-refractivity contribution in [1.82, 2.24) is 9.78 Å². The maximum Gasteiger partial charge on any atom is 0.292 e. The van der Waals surface area contributed by atoms with E-state index < -0.39 is 23.8 Å². The summed E-state index contributed by atoms with van der Waals surface area (Å²) in [5.74, 6) is -0.681. The molecule has 116 valence electrons. The van der Waals surface area contributed by atoms with E-state index in [1.807, 2.05) is 0 Å². The molecule has 0 spiro atoms. The summed E-state index contributed by atoms with van der Waals surface area (Å²) < 4.78 is 26.5. The second kappa shape index (κ2) is 6.29. The lowest BCUT2D eigenvalue weighted by Crippen LogP contribution is -2.21. The van der Waals surface area contributed by atoms with E-state index in [9.17, 15) is 23.7 Å². The second-order valence-electron chi connectivity index (χ2n) is 4.49. The van der Waals surface area contributed by atoms with Gasteiger partial charge in [0.2, 0.25) is 5.91 Å². The number of hydrogen-bond donors (Lipinski definition) is 1. The highest BCUT2D eigenvalue weighted by Crippen LogP contribution is 2.23. The number of nitrogens with zero attached hydrogens (tertiary/aromatic N) is 3. The first kappa shape index (κ1) is 15.5. The van der Waals surface area contributed by atoms with Gasteiger partial charge in [0.15, 0.2) is 0 Å². The van der Waals surface area contributed by atoms with Gasteiger partial charge in [-0.25, -0.2) is 8.78 Å². The molecule has 0 saturated carbocycles. The number of anilines is 1. The van der Waals surface area contributed by atoms with E-state index in [1.54, 1.807) is 0 Å². The SMILES string of the molecule is Cc1cc(C(F)F)n(CC(=O)Nc2ccccc2[N+](=O)[O-])n1. The number of rotatable bonds is 5. The van der Waals surface area contributed by atoms with Gasteiger partial charge in [0, 0.05) is 6.07 Å². The number of carbonyl (C=O) groups excluding carboxylic acids is 1.